The molecule has 2 N–H and O–H groups in total. The van der Waals surface area contributed by atoms with E-state index in [4.69, 9.17) is 9.84 Å². The molecule has 21 heavy (non-hydrogen) atoms. The largest absolute Gasteiger partial charge is 0.481 e. The minimum Gasteiger partial charge on any atom is -0.481 e. The standard InChI is InChI=1S/C13H18F3NO4/c14-13(15,16)6-21-8-3-1-2-7(4-8)17-11(18)9-5-10(9)12(19)20/h7-10H,1-6H2,(H,17,18)(H,19,20). The lowest BCUT2D eigenvalue weighted by atomic mass is 9.92. The van der Waals surface area contributed by atoms with E-state index < -0.39 is 36.7 Å². The highest BCUT2D eigenvalue weighted by atomic mass is 19.4. The maximum Gasteiger partial charge on any atom is 0.411 e. The number of amides is 1. The quantitative estimate of drug-likeness (QED) is 0.811. The fourth-order valence-electron chi connectivity index (χ4n) is 2.71. The van der Waals surface area contributed by atoms with Crippen LogP contribution < -0.4 is 5.32 Å². The molecule has 0 aromatic rings. The van der Waals surface area contributed by atoms with Gasteiger partial charge in [-0.15, -0.1) is 0 Å². The molecule has 0 bridgehead atoms. The van der Waals surface area contributed by atoms with Crippen molar-refractivity contribution < 1.29 is 32.6 Å². The van der Waals surface area contributed by atoms with Gasteiger partial charge in [0.05, 0.1) is 17.9 Å². The maximum absolute atomic E-state index is 12.1. The molecule has 4 unspecified atom stereocenters. The van der Waals surface area contributed by atoms with Crippen LogP contribution in [0.2, 0.25) is 0 Å². The number of ether oxygens (including phenoxy) is 1. The van der Waals surface area contributed by atoms with Gasteiger partial charge in [-0.25, -0.2) is 0 Å². The lowest BCUT2D eigenvalue weighted by molar-refractivity contribution is -0.188. The summed E-state index contributed by atoms with van der Waals surface area (Å²) in [7, 11) is 0. The molecule has 1 amide bonds. The van der Waals surface area contributed by atoms with Gasteiger partial charge in [0.1, 0.15) is 6.61 Å². The highest BCUT2D eigenvalue weighted by Gasteiger charge is 2.48. The first-order valence-electron chi connectivity index (χ1n) is 6.98. The van der Waals surface area contributed by atoms with Gasteiger partial charge >= 0.3 is 12.1 Å². The zero-order valence-electron chi connectivity index (χ0n) is 11.4. The molecular weight excluding hydrogens is 291 g/mol. The Kier molecular flexibility index (Phi) is 4.75. The molecule has 2 aliphatic rings. The van der Waals surface area contributed by atoms with Crippen LogP contribution in [0.5, 0.6) is 0 Å². The second kappa shape index (κ2) is 6.21. The summed E-state index contributed by atoms with van der Waals surface area (Å²) in [5.74, 6) is -2.42. The van der Waals surface area contributed by atoms with E-state index in [1.807, 2.05) is 0 Å². The molecule has 2 aliphatic carbocycles. The van der Waals surface area contributed by atoms with Gasteiger partial charge in [-0.05, 0) is 32.1 Å². The van der Waals surface area contributed by atoms with Crippen molar-refractivity contribution in [3.05, 3.63) is 0 Å². The Morgan fingerprint density at radius 1 is 1.19 bits per heavy atom. The third kappa shape index (κ3) is 4.87. The van der Waals surface area contributed by atoms with Gasteiger partial charge in [-0.1, -0.05) is 0 Å². The highest BCUT2D eigenvalue weighted by molar-refractivity contribution is 5.89. The van der Waals surface area contributed by atoms with E-state index in [1.54, 1.807) is 0 Å². The predicted octanol–water partition coefficient (Wildman–Crippen LogP) is 1.71. The van der Waals surface area contributed by atoms with Crippen LogP contribution >= 0.6 is 0 Å². The first-order chi connectivity index (χ1) is 9.76. The number of rotatable bonds is 5. The molecule has 0 radical (unpaired) electrons. The Hall–Kier alpha value is -1.31. The number of carbonyl (C=O) groups excluding carboxylic acids is 1. The highest BCUT2D eigenvalue weighted by Crippen LogP contribution is 2.39. The summed E-state index contributed by atoms with van der Waals surface area (Å²) < 4.78 is 41.1. The van der Waals surface area contributed by atoms with Gasteiger partial charge in [0, 0.05) is 6.04 Å². The monoisotopic (exact) mass is 309 g/mol. The molecule has 8 heteroatoms. The van der Waals surface area contributed by atoms with Crippen molar-refractivity contribution in [2.75, 3.05) is 6.61 Å². The van der Waals surface area contributed by atoms with Crippen molar-refractivity contribution in [3.8, 4) is 0 Å². The molecule has 0 aromatic heterocycles. The normalized spacial score (nSPS) is 32.5. The lowest BCUT2D eigenvalue weighted by Crippen LogP contribution is -2.42. The van der Waals surface area contributed by atoms with E-state index in [0.717, 1.165) is 0 Å². The Balaban J connectivity index is 1.74. The van der Waals surface area contributed by atoms with E-state index in [1.165, 1.54) is 0 Å². The van der Waals surface area contributed by atoms with Gasteiger partial charge in [0.15, 0.2) is 0 Å². The second-order valence-corrected chi connectivity index (χ2v) is 5.71. The Labute approximate surface area is 119 Å². The van der Waals surface area contributed by atoms with Crippen molar-refractivity contribution in [3.63, 3.8) is 0 Å². The van der Waals surface area contributed by atoms with Crippen molar-refractivity contribution in [1.29, 1.82) is 0 Å². The Morgan fingerprint density at radius 2 is 1.90 bits per heavy atom. The first kappa shape index (κ1) is 16.1. The topological polar surface area (TPSA) is 75.6 Å². The summed E-state index contributed by atoms with van der Waals surface area (Å²) in [6.45, 7) is -1.28. The van der Waals surface area contributed by atoms with Crippen LogP contribution in [0.1, 0.15) is 32.1 Å². The molecule has 5 nitrogen and oxygen atoms in total. The number of hydrogen-bond donors (Lipinski definition) is 2. The summed E-state index contributed by atoms with van der Waals surface area (Å²) >= 11 is 0. The number of nitrogens with one attached hydrogen (secondary N) is 1. The number of carboxylic acids is 1. The van der Waals surface area contributed by atoms with Crippen molar-refractivity contribution in [2.45, 2.75) is 50.4 Å². The average molecular weight is 309 g/mol. The van der Waals surface area contributed by atoms with Crippen LogP contribution in [0.3, 0.4) is 0 Å². The fraction of sp³-hybridized carbons (Fsp3) is 0.846. The third-order valence-electron chi connectivity index (χ3n) is 3.90. The van der Waals surface area contributed by atoms with Gasteiger partial charge in [0.25, 0.3) is 0 Å². The van der Waals surface area contributed by atoms with Crippen LogP contribution in [-0.2, 0) is 14.3 Å². The predicted molar refractivity (Wildman–Crippen MR) is 65.4 cm³/mol. The smallest absolute Gasteiger partial charge is 0.411 e. The molecule has 120 valence electrons. The van der Waals surface area contributed by atoms with E-state index in [0.29, 0.717) is 32.1 Å². The zero-order valence-corrected chi connectivity index (χ0v) is 11.4. The summed E-state index contributed by atoms with van der Waals surface area (Å²) in [6, 6.07) is -0.237. The molecule has 4 atom stereocenters. The molecule has 0 aliphatic heterocycles. The van der Waals surface area contributed by atoms with E-state index in [2.05, 4.69) is 5.32 Å². The summed E-state index contributed by atoms with van der Waals surface area (Å²) in [5, 5.41) is 11.5. The number of halogens is 3. The summed E-state index contributed by atoms with van der Waals surface area (Å²) in [4.78, 5) is 22.5. The Bertz CT molecular complexity index is 413. The molecule has 0 spiro atoms. The molecular formula is C13H18F3NO4. The van der Waals surface area contributed by atoms with E-state index >= 15 is 0 Å². The summed E-state index contributed by atoms with van der Waals surface area (Å²) in [5.41, 5.74) is 0. The van der Waals surface area contributed by atoms with Crippen LogP contribution in [0, 0.1) is 11.8 Å². The third-order valence-corrected chi connectivity index (χ3v) is 3.90. The first-order valence-corrected chi connectivity index (χ1v) is 6.98. The van der Waals surface area contributed by atoms with Gasteiger partial charge in [-0.3, -0.25) is 9.59 Å². The van der Waals surface area contributed by atoms with E-state index in [-0.39, 0.29) is 11.9 Å². The van der Waals surface area contributed by atoms with Crippen molar-refractivity contribution in [2.24, 2.45) is 11.8 Å². The summed E-state index contributed by atoms with van der Waals surface area (Å²) in [6.07, 6.45) is -2.28. The van der Waals surface area contributed by atoms with Crippen molar-refractivity contribution >= 4 is 11.9 Å². The average Bonchev–Trinajstić information content (AvgIpc) is 3.16. The number of carboxylic acid groups (broad SMARTS) is 1. The van der Waals surface area contributed by atoms with Crippen LogP contribution in [0.4, 0.5) is 13.2 Å². The fourth-order valence-corrected chi connectivity index (χ4v) is 2.71. The molecule has 0 aromatic carbocycles. The number of alkyl halides is 3. The minimum absolute atomic E-state index is 0.237. The van der Waals surface area contributed by atoms with Crippen molar-refractivity contribution in [1.82, 2.24) is 5.32 Å². The van der Waals surface area contributed by atoms with Gasteiger partial charge in [-0.2, -0.15) is 13.2 Å². The minimum atomic E-state index is -4.35. The van der Waals surface area contributed by atoms with Gasteiger partial charge in [0.2, 0.25) is 5.91 Å². The number of carbonyl (C=O) groups is 2. The maximum atomic E-state index is 12.1. The second-order valence-electron chi connectivity index (χ2n) is 5.71. The zero-order chi connectivity index (χ0) is 15.6. The number of hydrogen-bond acceptors (Lipinski definition) is 3. The van der Waals surface area contributed by atoms with Gasteiger partial charge < -0.3 is 15.2 Å². The lowest BCUT2D eigenvalue weighted by Gasteiger charge is -2.30. The molecule has 0 saturated heterocycles. The van der Waals surface area contributed by atoms with Crippen LogP contribution in [0.25, 0.3) is 0 Å². The van der Waals surface area contributed by atoms with E-state index in [9.17, 15) is 22.8 Å². The molecule has 2 rings (SSSR count). The molecule has 2 saturated carbocycles. The SMILES string of the molecule is O=C(O)C1CC1C(=O)NC1CCCC(OCC(F)(F)F)C1. The van der Waals surface area contributed by atoms with Crippen LogP contribution in [0.15, 0.2) is 0 Å². The molecule has 2 fully saturated rings. The molecule has 0 heterocycles. The Morgan fingerprint density at radius 3 is 2.48 bits per heavy atom. The number of aliphatic carboxylic acids is 1. The van der Waals surface area contributed by atoms with Crippen LogP contribution in [-0.4, -0.2) is 41.9 Å².